The summed E-state index contributed by atoms with van der Waals surface area (Å²) in [6.45, 7) is 5.15. The minimum absolute atomic E-state index is 1.10. The van der Waals surface area contributed by atoms with Crippen molar-refractivity contribution in [2.45, 2.75) is 13.1 Å². The molecule has 0 bridgehead atoms. The number of anilines is 6. The van der Waals surface area contributed by atoms with Gasteiger partial charge in [0.15, 0.2) is 0 Å². The summed E-state index contributed by atoms with van der Waals surface area (Å²) in [4.78, 5) is 4.82. The first-order valence-corrected chi connectivity index (χ1v) is 31.7. The number of rotatable bonds is 12. The average molecular weight is 1080 g/mol. The zero-order valence-corrected chi connectivity index (χ0v) is 47.3. The Morgan fingerprint density at radius 1 is 0.265 bits per heavy atom. The van der Waals surface area contributed by atoms with Gasteiger partial charge < -0.3 is 18.9 Å². The normalized spacial score (nSPS) is 13.2. The zero-order chi connectivity index (χ0) is 55.4. The number of para-hydroxylation sites is 4. The molecule has 1 aliphatic rings. The Labute approximate surface area is 485 Å². The van der Waals surface area contributed by atoms with Gasteiger partial charge in [-0.1, -0.05) is 207 Å². The molecule has 0 saturated heterocycles. The number of fused-ring (bicyclic) bond motifs is 4. The fraction of sp³-hybridized carbons (Fsp3) is 0.0256. The highest BCUT2D eigenvalue weighted by Crippen LogP contribution is 2.56. The number of aromatic nitrogens is 2. The van der Waals surface area contributed by atoms with Gasteiger partial charge in [0, 0.05) is 57.3 Å². The van der Waals surface area contributed by atoms with Crippen LogP contribution in [0.4, 0.5) is 34.1 Å². The third-order valence-electron chi connectivity index (χ3n) is 16.9. The van der Waals surface area contributed by atoms with Gasteiger partial charge >= 0.3 is 0 Å². The van der Waals surface area contributed by atoms with Crippen molar-refractivity contribution in [3.05, 3.63) is 338 Å². The highest BCUT2D eigenvalue weighted by atomic mass is 28.3. The van der Waals surface area contributed by atoms with Crippen LogP contribution in [0.2, 0.25) is 13.1 Å². The number of hydrogen-bond acceptors (Lipinski definition) is 2. The summed E-state index contributed by atoms with van der Waals surface area (Å²) in [5, 5.41) is 10.1. The van der Waals surface area contributed by atoms with Crippen molar-refractivity contribution >= 4 is 107 Å². The van der Waals surface area contributed by atoms with E-state index in [1.807, 2.05) is 0 Å². The van der Waals surface area contributed by atoms with Crippen molar-refractivity contribution in [2.75, 3.05) is 9.80 Å². The Morgan fingerprint density at radius 3 is 1.00 bits per heavy atom. The summed E-state index contributed by atoms with van der Waals surface area (Å²) >= 11 is 0. The molecule has 0 N–H and O–H groups in total. The lowest BCUT2D eigenvalue weighted by Crippen LogP contribution is -2.28. The third-order valence-corrected chi connectivity index (χ3v) is 20.5. The van der Waals surface area contributed by atoms with E-state index in [9.17, 15) is 0 Å². The lowest BCUT2D eigenvalue weighted by molar-refractivity contribution is 1.13. The standard InChI is InChI=1S/C78H58N4Si/c1-83(2)77(61-39-47-67(48-40-61)81(65-25-5-3-6-26-65)73-33-17-23-55-19-9-13-29-69(55)73)75(59-35-43-63(44-36-59)79-53-51-57-21-11-15-31-71(57)79)76(60-37-45-64(46-38-60)80-54-52-58-22-12-16-32-72(58)80)78(83)62-41-49-68(50-42-62)82(66-27-7-4-8-28-66)74-34-18-24-56-20-10-14-30-70(56)74/h3-54H,1-2H3. The lowest BCUT2D eigenvalue weighted by atomic mass is 9.89. The Bertz CT molecular complexity index is 4460. The summed E-state index contributed by atoms with van der Waals surface area (Å²) in [6, 6.07) is 112. The van der Waals surface area contributed by atoms with Gasteiger partial charge in [-0.15, -0.1) is 0 Å². The monoisotopic (exact) mass is 1080 g/mol. The Hall–Kier alpha value is -10.5. The van der Waals surface area contributed by atoms with Gasteiger partial charge in [0.25, 0.3) is 0 Å². The van der Waals surface area contributed by atoms with Crippen molar-refractivity contribution in [3.8, 4) is 11.4 Å². The highest BCUT2D eigenvalue weighted by molar-refractivity contribution is 7.13. The zero-order valence-electron chi connectivity index (χ0n) is 46.3. The molecule has 0 saturated carbocycles. The highest BCUT2D eigenvalue weighted by Gasteiger charge is 2.44. The molecule has 0 aliphatic carbocycles. The minimum atomic E-state index is -2.67. The van der Waals surface area contributed by atoms with Gasteiger partial charge in [0.05, 0.1) is 22.4 Å². The van der Waals surface area contributed by atoms with E-state index < -0.39 is 8.07 Å². The first-order valence-electron chi connectivity index (χ1n) is 28.7. The molecular weight excluding hydrogens is 1020 g/mol. The van der Waals surface area contributed by atoms with E-state index in [1.54, 1.807) is 0 Å². The predicted octanol–water partition coefficient (Wildman–Crippen LogP) is 21.1. The summed E-state index contributed by atoms with van der Waals surface area (Å²) in [7, 11) is -2.67. The maximum absolute atomic E-state index is 2.67. The molecule has 0 amide bonds. The van der Waals surface area contributed by atoms with Crippen LogP contribution in [0.3, 0.4) is 0 Å². The van der Waals surface area contributed by atoms with Crippen LogP contribution in [-0.4, -0.2) is 17.2 Å². The van der Waals surface area contributed by atoms with Crippen LogP contribution >= 0.6 is 0 Å². The maximum Gasteiger partial charge on any atom is 0.115 e. The number of hydrogen-bond donors (Lipinski definition) is 0. The van der Waals surface area contributed by atoms with Crippen molar-refractivity contribution in [2.24, 2.45) is 0 Å². The molecule has 15 rings (SSSR count). The fourth-order valence-electron chi connectivity index (χ4n) is 13.2. The molecule has 394 valence electrons. The topological polar surface area (TPSA) is 16.3 Å². The van der Waals surface area contributed by atoms with Gasteiger partial charge in [-0.25, -0.2) is 0 Å². The van der Waals surface area contributed by atoms with E-state index in [2.05, 4.69) is 348 Å². The smallest absolute Gasteiger partial charge is 0.115 e. The Morgan fingerprint density at radius 2 is 0.590 bits per heavy atom. The largest absolute Gasteiger partial charge is 0.317 e. The van der Waals surface area contributed by atoms with Crippen molar-refractivity contribution in [1.82, 2.24) is 9.13 Å². The molecule has 12 aromatic carbocycles. The van der Waals surface area contributed by atoms with E-state index in [0.717, 1.165) is 45.5 Å². The Kier molecular flexibility index (Phi) is 12.3. The van der Waals surface area contributed by atoms with Gasteiger partial charge in [0.1, 0.15) is 8.07 Å². The third kappa shape index (κ3) is 8.69. The second kappa shape index (κ2) is 20.6. The van der Waals surface area contributed by atoms with Crippen molar-refractivity contribution < 1.29 is 0 Å². The molecule has 83 heavy (non-hydrogen) atoms. The van der Waals surface area contributed by atoms with Crippen LogP contribution in [0.25, 0.3) is 76.3 Å². The number of allylic oxidation sites excluding steroid dienone is 2. The molecular formula is C78H58N4Si. The van der Waals surface area contributed by atoms with E-state index in [4.69, 9.17) is 0 Å². The second-order valence-electron chi connectivity index (χ2n) is 22.1. The molecule has 0 fully saturated rings. The molecule has 2 aromatic heterocycles. The van der Waals surface area contributed by atoms with Crippen LogP contribution in [-0.2, 0) is 0 Å². The van der Waals surface area contributed by atoms with Crippen molar-refractivity contribution in [1.29, 1.82) is 0 Å². The molecule has 1 aliphatic heterocycles. The molecule has 5 heteroatoms. The molecule has 0 radical (unpaired) electrons. The van der Waals surface area contributed by atoms with E-state index in [0.29, 0.717) is 0 Å². The van der Waals surface area contributed by atoms with Gasteiger partial charge in [-0.3, -0.25) is 0 Å². The van der Waals surface area contributed by atoms with Crippen LogP contribution in [0, 0.1) is 0 Å². The fourth-order valence-corrected chi connectivity index (χ4v) is 17.0. The van der Waals surface area contributed by atoms with Gasteiger partial charge in [-0.2, -0.15) is 0 Å². The van der Waals surface area contributed by atoms with E-state index in [-0.39, 0.29) is 0 Å². The van der Waals surface area contributed by atoms with Gasteiger partial charge in [-0.05, 0) is 175 Å². The molecule has 0 unspecified atom stereocenters. The van der Waals surface area contributed by atoms with Crippen LogP contribution in [0.15, 0.2) is 316 Å². The number of benzene rings is 12. The molecule has 0 atom stereocenters. The Balaban J connectivity index is 0.936. The minimum Gasteiger partial charge on any atom is -0.317 e. The maximum atomic E-state index is 2.58. The van der Waals surface area contributed by atoms with E-state index >= 15 is 0 Å². The van der Waals surface area contributed by atoms with Gasteiger partial charge in [0.2, 0.25) is 0 Å². The summed E-state index contributed by atoms with van der Waals surface area (Å²) < 4.78 is 4.61. The SMILES string of the molecule is C[Si]1(C)C(c2ccc(N(c3ccccc3)c3cccc4ccccc34)cc2)=C(c2ccc(-n3ccc4ccccc43)cc2)C(c2ccc(-n3ccc4ccccc43)cc2)=C1c1ccc(N(c2ccccc2)c2cccc3ccccc23)cc1. The van der Waals surface area contributed by atoms with E-state index in [1.165, 1.54) is 87.1 Å². The van der Waals surface area contributed by atoms with Crippen LogP contribution in [0.5, 0.6) is 0 Å². The van der Waals surface area contributed by atoms with Crippen LogP contribution in [0.1, 0.15) is 22.3 Å². The van der Waals surface area contributed by atoms with Crippen LogP contribution < -0.4 is 9.80 Å². The molecule has 3 heterocycles. The first-order chi connectivity index (χ1) is 40.9. The molecule has 0 spiro atoms. The second-order valence-corrected chi connectivity index (χ2v) is 26.4. The summed E-state index contributed by atoms with van der Waals surface area (Å²) in [6.07, 6.45) is 4.38. The molecule has 14 aromatic rings. The number of nitrogens with zero attached hydrogens (tertiary/aromatic N) is 4. The summed E-state index contributed by atoms with van der Waals surface area (Å²) in [5.41, 5.74) is 18.8. The quantitative estimate of drug-likeness (QED) is 0.113. The average Bonchev–Trinajstić information content (AvgIpc) is 4.12. The van der Waals surface area contributed by atoms with Crippen molar-refractivity contribution in [3.63, 3.8) is 0 Å². The molecule has 4 nitrogen and oxygen atoms in total. The first kappa shape index (κ1) is 49.6. The summed E-state index contributed by atoms with van der Waals surface area (Å²) in [5.74, 6) is 0. The predicted molar refractivity (Wildman–Crippen MR) is 355 cm³/mol. The lowest BCUT2D eigenvalue weighted by Gasteiger charge is -2.29.